The van der Waals surface area contributed by atoms with Crippen molar-refractivity contribution in [3.05, 3.63) is 89.6 Å². The Bertz CT molecular complexity index is 1360. The van der Waals surface area contributed by atoms with Crippen LogP contribution in [0.15, 0.2) is 77.9 Å². The van der Waals surface area contributed by atoms with Gasteiger partial charge in [-0.25, -0.2) is 0 Å². The zero-order chi connectivity index (χ0) is 23.3. The Balaban J connectivity index is 1.36. The van der Waals surface area contributed by atoms with Gasteiger partial charge in [-0.1, -0.05) is 43.3 Å². The van der Waals surface area contributed by atoms with Crippen molar-refractivity contribution in [2.75, 3.05) is 18.7 Å². The lowest BCUT2D eigenvalue weighted by molar-refractivity contribution is 0.0976. The summed E-state index contributed by atoms with van der Waals surface area (Å²) in [6.07, 6.45) is 3.62. The number of aromatic nitrogens is 1. The number of anilines is 1. The predicted molar refractivity (Wildman–Crippen MR) is 134 cm³/mol. The summed E-state index contributed by atoms with van der Waals surface area (Å²) >= 11 is 0. The van der Waals surface area contributed by atoms with Crippen LogP contribution in [0, 0.1) is 0 Å². The molecule has 5 rings (SSSR count). The highest BCUT2D eigenvalue weighted by Crippen LogP contribution is 2.32. The summed E-state index contributed by atoms with van der Waals surface area (Å²) in [7, 11) is 0. The van der Waals surface area contributed by atoms with Gasteiger partial charge < -0.3 is 19.8 Å². The first kappa shape index (κ1) is 21.6. The molecule has 172 valence electrons. The van der Waals surface area contributed by atoms with Crippen molar-refractivity contribution in [1.82, 2.24) is 10.3 Å². The van der Waals surface area contributed by atoms with Crippen molar-refractivity contribution in [2.45, 2.75) is 19.8 Å². The van der Waals surface area contributed by atoms with Crippen molar-refractivity contribution in [1.29, 1.82) is 0 Å². The Kier molecular flexibility index (Phi) is 6.16. The van der Waals surface area contributed by atoms with E-state index in [1.165, 1.54) is 10.9 Å². The molecule has 1 aliphatic rings. The maximum Gasteiger partial charge on any atom is 0.258 e. The molecule has 0 saturated heterocycles. The van der Waals surface area contributed by atoms with E-state index in [0.717, 1.165) is 29.6 Å². The molecule has 1 aromatic heterocycles. The molecule has 0 atom stereocenters. The Morgan fingerprint density at radius 3 is 2.74 bits per heavy atom. The van der Waals surface area contributed by atoms with Crippen molar-refractivity contribution in [3.8, 4) is 11.5 Å². The fourth-order valence-corrected chi connectivity index (χ4v) is 4.03. The van der Waals surface area contributed by atoms with Crippen LogP contribution in [0.4, 0.5) is 5.69 Å². The zero-order valence-corrected chi connectivity index (χ0v) is 18.9. The Hall–Kier alpha value is -4.26. The summed E-state index contributed by atoms with van der Waals surface area (Å²) in [5.74, 6) is 1.34. The molecule has 7 heteroatoms. The number of hydrogen-bond acceptors (Lipinski definition) is 4. The van der Waals surface area contributed by atoms with E-state index in [1.807, 2.05) is 36.5 Å². The third-order valence-electron chi connectivity index (χ3n) is 5.84. The van der Waals surface area contributed by atoms with Gasteiger partial charge >= 0.3 is 0 Å². The van der Waals surface area contributed by atoms with E-state index in [9.17, 15) is 4.79 Å². The average molecular weight is 455 g/mol. The quantitative estimate of drug-likeness (QED) is 0.286. The Morgan fingerprint density at radius 1 is 1.00 bits per heavy atom. The molecule has 0 unspecified atom stereocenters. The molecule has 3 aromatic carbocycles. The average Bonchev–Trinajstić information content (AvgIpc) is 3.51. The van der Waals surface area contributed by atoms with Gasteiger partial charge in [0.05, 0.1) is 0 Å². The van der Waals surface area contributed by atoms with Crippen LogP contribution < -0.4 is 20.1 Å². The van der Waals surface area contributed by atoms with E-state index in [-0.39, 0.29) is 12.7 Å². The molecule has 0 radical (unpaired) electrons. The second-order valence-corrected chi connectivity index (χ2v) is 8.00. The summed E-state index contributed by atoms with van der Waals surface area (Å²) in [5.41, 5.74) is 4.83. The van der Waals surface area contributed by atoms with Crippen molar-refractivity contribution in [3.63, 3.8) is 0 Å². The monoisotopic (exact) mass is 454 g/mol. The maximum atomic E-state index is 13.0. The minimum absolute atomic E-state index is 0.163. The number of amides is 1. The minimum Gasteiger partial charge on any atom is -0.454 e. The highest BCUT2D eigenvalue weighted by Gasteiger charge is 2.17. The van der Waals surface area contributed by atoms with Gasteiger partial charge in [-0.2, -0.15) is 0 Å². The lowest BCUT2D eigenvalue weighted by Crippen LogP contribution is -2.36. The topological polar surface area (TPSA) is 87.7 Å². The van der Waals surface area contributed by atoms with E-state index in [0.29, 0.717) is 29.6 Å². The SMILES string of the molecule is CCc1ccccc1NC(=NCCc1c[nH]c2ccccc12)NC(=O)c1ccc2c(c1)OCO2. The van der Waals surface area contributed by atoms with Gasteiger partial charge in [-0.15, -0.1) is 0 Å². The lowest BCUT2D eigenvalue weighted by atomic mass is 10.1. The van der Waals surface area contributed by atoms with Gasteiger partial charge in [0.2, 0.25) is 12.8 Å². The number of ether oxygens (including phenoxy) is 2. The van der Waals surface area contributed by atoms with Crippen LogP contribution >= 0.6 is 0 Å². The standard InChI is InChI=1S/C27H26N4O3/c1-2-18-7-3-5-9-22(18)30-27(28-14-13-20-16-29-23-10-6-4-8-21(20)23)31-26(32)19-11-12-24-25(15-19)34-17-33-24/h3-12,15-16,29H,2,13-14,17H2,1H3,(H2,28,30,31,32). The number of guanidine groups is 1. The van der Waals surface area contributed by atoms with Gasteiger partial charge in [-0.05, 0) is 54.3 Å². The number of aliphatic imine (C=N–C) groups is 1. The van der Waals surface area contributed by atoms with Gasteiger partial charge in [0.25, 0.3) is 5.91 Å². The number of aryl methyl sites for hydroxylation is 1. The minimum atomic E-state index is -0.273. The number of hydrogen-bond donors (Lipinski definition) is 3. The number of H-pyrrole nitrogens is 1. The fourth-order valence-electron chi connectivity index (χ4n) is 4.03. The maximum absolute atomic E-state index is 13.0. The summed E-state index contributed by atoms with van der Waals surface area (Å²) < 4.78 is 10.8. The smallest absolute Gasteiger partial charge is 0.258 e. The number of aromatic amines is 1. The van der Waals surface area contributed by atoms with E-state index < -0.39 is 0 Å². The number of para-hydroxylation sites is 2. The second-order valence-electron chi connectivity index (χ2n) is 8.00. The van der Waals surface area contributed by atoms with Gasteiger partial charge in [0.1, 0.15) is 0 Å². The van der Waals surface area contributed by atoms with Crippen LogP contribution in [0.1, 0.15) is 28.4 Å². The molecule has 1 amide bonds. The number of nitrogens with one attached hydrogen (secondary N) is 3. The molecule has 0 bridgehead atoms. The molecular weight excluding hydrogens is 428 g/mol. The van der Waals surface area contributed by atoms with E-state index >= 15 is 0 Å². The highest BCUT2D eigenvalue weighted by atomic mass is 16.7. The molecule has 3 N–H and O–H groups in total. The van der Waals surface area contributed by atoms with Crippen molar-refractivity contribution in [2.24, 2.45) is 4.99 Å². The van der Waals surface area contributed by atoms with Crippen LogP contribution in [0.5, 0.6) is 11.5 Å². The third-order valence-corrected chi connectivity index (χ3v) is 5.84. The molecule has 2 heterocycles. The molecule has 0 saturated carbocycles. The fraction of sp³-hybridized carbons (Fsp3) is 0.185. The predicted octanol–water partition coefficient (Wildman–Crippen LogP) is 4.90. The number of carbonyl (C=O) groups excluding carboxylic acids is 1. The molecule has 34 heavy (non-hydrogen) atoms. The van der Waals surface area contributed by atoms with Crippen LogP contribution in [-0.4, -0.2) is 30.2 Å². The van der Waals surface area contributed by atoms with Gasteiger partial charge in [-0.3, -0.25) is 15.1 Å². The second kappa shape index (κ2) is 9.70. The Morgan fingerprint density at radius 2 is 1.82 bits per heavy atom. The first-order valence-electron chi connectivity index (χ1n) is 11.4. The normalized spacial score (nSPS) is 12.7. The molecule has 0 spiro atoms. The van der Waals surface area contributed by atoms with Crippen molar-refractivity contribution < 1.29 is 14.3 Å². The molecule has 1 aliphatic heterocycles. The number of nitrogens with zero attached hydrogens (tertiary/aromatic N) is 1. The van der Waals surface area contributed by atoms with Gasteiger partial charge in [0, 0.05) is 34.9 Å². The van der Waals surface area contributed by atoms with Gasteiger partial charge in [0.15, 0.2) is 11.5 Å². The summed E-state index contributed by atoms with van der Waals surface area (Å²) in [5, 5.41) is 7.45. The molecule has 4 aromatic rings. The molecular formula is C27H26N4O3. The number of rotatable bonds is 6. The van der Waals surface area contributed by atoms with E-state index in [2.05, 4.69) is 40.7 Å². The zero-order valence-electron chi connectivity index (χ0n) is 18.9. The Labute approximate surface area is 197 Å². The first-order valence-corrected chi connectivity index (χ1v) is 11.4. The largest absolute Gasteiger partial charge is 0.454 e. The van der Waals surface area contributed by atoms with E-state index in [4.69, 9.17) is 14.5 Å². The number of carbonyl (C=O) groups is 1. The van der Waals surface area contributed by atoms with Crippen LogP contribution in [0.3, 0.4) is 0 Å². The summed E-state index contributed by atoms with van der Waals surface area (Å²) in [6.45, 7) is 2.77. The first-order chi connectivity index (χ1) is 16.7. The number of fused-ring (bicyclic) bond motifs is 2. The van der Waals surface area contributed by atoms with E-state index in [1.54, 1.807) is 18.2 Å². The highest BCUT2D eigenvalue weighted by molar-refractivity contribution is 6.10. The third kappa shape index (κ3) is 4.59. The van der Waals surface area contributed by atoms with Crippen LogP contribution in [-0.2, 0) is 12.8 Å². The van der Waals surface area contributed by atoms with Crippen LogP contribution in [0.2, 0.25) is 0 Å². The van der Waals surface area contributed by atoms with Crippen molar-refractivity contribution >= 4 is 28.5 Å². The summed E-state index contributed by atoms with van der Waals surface area (Å²) in [6, 6.07) is 21.4. The summed E-state index contributed by atoms with van der Waals surface area (Å²) in [4.78, 5) is 21.1. The molecule has 0 fully saturated rings. The molecule has 0 aliphatic carbocycles. The van der Waals surface area contributed by atoms with Crippen LogP contribution in [0.25, 0.3) is 10.9 Å². The lowest BCUT2D eigenvalue weighted by Gasteiger charge is -2.14. The number of benzene rings is 3. The molecule has 7 nitrogen and oxygen atoms in total.